The van der Waals surface area contributed by atoms with Crippen molar-refractivity contribution in [1.82, 2.24) is 0 Å². The van der Waals surface area contributed by atoms with Crippen molar-refractivity contribution in [3.05, 3.63) is 0 Å². The Labute approximate surface area is 146 Å². The van der Waals surface area contributed by atoms with E-state index in [9.17, 15) is 0 Å². The minimum atomic E-state index is -1.33. The molecule has 0 N–H and O–H groups in total. The number of rotatable bonds is 18. The van der Waals surface area contributed by atoms with Gasteiger partial charge in [-0.1, -0.05) is 51.4 Å². The molecule has 0 amide bonds. The van der Waals surface area contributed by atoms with Gasteiger partial charge in [0.15, 0.2) is 8.32 Å². The number of unbranched alkanes of at least 4 members (excludes halogenated alkanes) is 8. The standard InChI is InChI=1S/C19H42O3Si/c1-5-20-17-18-21-16-14-12-10-8-7-9-11-13-15-19-23(3,4)22-6-2/h5-19H2,1-4H3. The third-order valence-corrected chi connectivity index (χ3v) is 6.81. The summed E-state index contributed by atoms with van der Waals surface area (Å²) in [7, 11) is -1.33. The molecule has 0 spiro atoms. The highest BCUT2D eigenvalue weighted by Crippen LogP contribution is 2.17. The van der Waals surface area contributed by atoms with Gasteiger partial charge in [0.05, 0.1) is 13.2 Å². The van der Waals surface area contributed by atoms with Crippen LogP contribution in [-0.4, -0.2) is 41.4 Å². The van der Waals surface area contributed by atoms with Crippen molar-refractivity contribution in [3.8, 4) is 0 Å². The van der Waals surface area contributed by atoms with Gasteiger partial charge in [-0.15, -0.1) is 0 Å². The van der Waals surface area contributed by atoms with E-state index in [1.165, 1.54) is 63.8 Å². The van der Waals surface area contributed by atoms with Crippen LogP contribution in [0.25, 0.3) is 0 Å². The third kappa shape index (κ3) is 18.3. The smallest absolute Gasteiger partial charge is 0.186 e. The summed E-state index contributed by atoms with van der Waals surface area (Å²) in [6, 6.07) is 1.32. The molecule has 0 radical (unpaired) electrons. The van der Waals surface area contributed by atoms with Crippen LogP contribution in [0.3, 0.4) is 0 Å². The molecule has 0 aromatic rings. The largest absolute Gasteiger partial charge is 0.418 e. The van der Waals surface area contributed by atoms with Crippen molar-refractivity contribution < 1.29 is 13.9 Å². The molecule has 0 rings (SSSR count). The van der Waals surface area contributed by atoms with Crippen molar-refractivity contribution in [3.63, 3.8) is 0 Å². The minimum Gasteiger partial charge on any atom is -0.418 e. The molecule has 0 aromatic carbocycles. The first kappa shape index (κ1) is 23.1. The van der Waals surface area contributed by atoms with Crippen molar-refractivity contribution in [2.24, 2.45) is 0 Å². The highest BCUT2D eigenvalue weighted by molar-refractivity contribution is 6.71. The Balaban J connectivity index is 3.11. The number of ether oxygens (including phenoxy) is 2. The number of hydrogen-bond donors (Lipinski definition) is 0. The zero-order valence-corrected chi connectivity index (χ0v) is 17.3. The predicted octanol–water partition coefficient (Wildman–Crippen LogP) is 5.79. The molecule has 140 valence electrons. The molecule has 0 bridgehead atoms. The molecular formula is C19H42O3Si. The SMILES string of the molecule is CCOCCOCCCCCCCCCCC[Si](C)(C)OCC. The first-order valence-corrected chi connectivity index (χ1v) is 13.0. The molecule has 0 aliphatic carbocycles. The molecular weight excluding hydrogens is 304 g/mol. The number of hydrogen-bond acceptors (Lipinski definition) is 3. The lowest BCUT2D eigenvalue weighted by molar-refractivity contribution is 0.0512. The van der Waals surface area contributed by atoms with Gasteiger partial charge in [0.2, 0.25) is 0 Å². The van der Waals surface area contributed by atoms with Gasteiger partial charge in [-0.3, -0.25) is 0 Å². The zero-order chi connectivity index (χ0) is 17.2. The summed E-state index contributed by atoms with van der Waals surface area (Å²) in [6.07, 6.45) is 12.2. The molecule has 0 aromatic heterocycles. The quantitative estimate of drug-likeness (QED) is 0.232. The molecule has 4 heteroatoms. The first-order chi connectivity index (χ1) is 11.1. The molecule has 3 nitrogen and oxygen atoms in total. The van der Waals surface area contributed by atoms with Gasteiger partial charge >= 0.3 is 0 Å². The lowest BCUT2D eigenvalue weighted by Gasteiger charge is -2.21. The van der Waals surface area contributed by atoms with Crippen molar-refractivity contribution >= 4 is 8.32 Å². The van der Waals surface area contributed by atoms with Crippen LogP contribution in [0.5, 0.6) is 0 Å². The summed E-state index contributed by atoms with van der Waals surface area (Å²) in [5.74, 6) is 0. The summed E-state index contributed by atoms with van der Waals surface area (Å²) >= 11 is 0. The van der Waals surface area contributed by atoms with E-state index in [1.807, 2.05) is 6.92 Å². The molecule has 0 fully saturated rings. The molecule has 0 aliphatic heterocycles. The lowest BCUT2D eigenvalue weighted by Crippen LogP contribution is -2.29. The van der Waals surface area contributed by atoms with E-state index in [0.29, 0.717) is 0 Å². The van der Waals surface area contributed by atoms with Crippen molar-refractivity contribution in [1.29, 1.82) is 0 Å². The van der Waals surface area contributed by atoms with E-state index in [-0.39, 0.29) is 0 Å². The lowest BCUT2D eigenvalue weighted by atomic mass is 10.1. The Bertz CT molecular complexity index is 235. The third-order valence-electron chi connectivity index (χ3n) is 4.18. The zero-order valence-electron chi connectivity index (χ0n) is 16.3. The average molecular weight is 347 g/mol. The maximum atomic E-state index is 5.87. The van der Waals surface area contributed by atoms with E-state index in [1.54, 1.807) is 0 Å². The van der Waals surface area contributed by atoms with E-state index < -0.39 is 8.32 Å². The second-order valence-electron chi connectivity index (χ2n) is 6.93. The maximum absolute atomic E-state index is 5.87. The van der Waals surface area contributed by atoms with Gasteiger partial charge in [-0.05, 0) is 39.4 Å². The minimum absolute atomic E-state index is 0.737. The van der Waals surface area contributed by atoms with Crippen LogP contribution in [-0.2, 0) is 13.9 Å². The van der Waals surface area contributed by atoms with Crippen LogP contribution in [0, 0.1) is 0 Å². The van der Waals surface area contributed by atoms with Gasteiger partial charge in [0.25, 0.3) is 0 Å². The molecule has 0 saturated heterocycles. The summed E-state index contributed by atoms with van der Waals surface area (Å²) in [5, 5.41) is 0. The van der Waals surface area contributed by atoms with Crippen LogP contribution in [0.2, 0.25) is 19.1 Å². The van der Waals surface area contributed by atoms with Crippen LogP contribution in [0.4, 0.5) is 0 Å². The van der Waals surface area contributed by atoms with Crippen molar-refractivity contribution in [2.75, 3.05) is 33.0 Å². The second kappa shape index (κ2) is 16.9. The highest BCUT2D eigenvalue weighted by atomic mass is 28.4. The molecule has 0 saturated carbocycles. The monoisotopic (exact) mass is 346 g/mol. The first-order valence-electron chi connectivity index (χ1n) is 9.92. The Morgan fingerprint density at radius 1 is 0.565 bits per heavy atom. The Morgan fingerprint density at radius 3 is 1.65 bits per heavy atom. The highest BCUT2D eigenvalue weighted by Gasteiger charge is 2.20. The molecule has 0 aliphatic rings. The summed E-state index contributed by atoms with van der Waals surface area (Å²) in [4.78, 5) is 0. The van der Waals surface area contributed by atoms with Gasteiger partial charge in [-0.25, -0.2) is 0 Å². The topological polar surface area (TPSA) is 27.7 Å². The fraction of sp³-hybridized carbons (Fsp3) is 1.00. The average Bonchev–Trinajstić information content (AvgIpc) is 2.51. The molecule has 0 atom stereocenters. The van der Waals surface area contributed by atoms with Gasteiger partial charge in [0.1, 0.15) is 0 Å². The van der Waals surface area contributed by atoms with E-state index >= 15 is 0 Å². The Morgan fingerprint density at radius 2 is 1.09 bits per heavy atom. The summed E-state index contributed by atoms with van der Waals surface area (Å²) in [5.41, 5.74) is 0. The van der Waals surface area contributed by atoms with Gasteiger partial charge < -0.3 is 13.9 Å². The Hall–Kier alpha value is 0.0969. The van der Waals surface area contributed by atoms with Crippen LogP contribution < -0.4 is 0 Å². The normalized spacial score (nSPS) is 12.0. The van der Waals surface area contributed by atoms with Crippen molar-refractivity contribution in [2.45, 2.75) is 90.8 Å². The van der Waals surface area contributed by atoms with E-state index in [4.69, 9.17) is 13.9 Å². The summed E-state index contributed by atoms with van der Waals surface area (Å²) < 4.78 is 16.6. The fourth-order valence-electron chi connectivity index (χ4n) is 2.82. The second-order valence-corrected chi connectivity index (χ2v) is 11.2. The van der Waals surface area contributed by atoms with Gasteiger partial charge in [0, 0.05) is 19.8 Å². The predicted molar refractivity (Wildman–Crippen MR) is 103 cm³/mol. The molecule has 23 heavy (non-hydrogen) atoms. The van der Waals surface area contributed by atoms with Crippen LogP contribution in [0.15, 0.2) is 0 Å². The van der Waals surface area contributed by atoms with E-state index in [0.717, 1.165) is 33.0 Å². The fourth-order valence-corrected chi connectivity index (χ4v) is 4.85. The molecule has 0 heterocycles. The van der Waals surface area contributed by atoms with Crippen LogP contribution in [0.1, 0.15) is 71.6 Å². The van der Waals surface area contributed by atoms with E-state index in [2.05, 4.69) is 20.0 Å². The molecule has 0 unspecified atom stereocenters. The van der Waals surface area contributed by atoms with Crippen LogP contribution >= 0.6 is 0 Å². The van der Waals surface area contributed by atoms with Gasteiger partial charge in [-0.2, -0.15) is 0 Å². The maximum Gasteiger partial charge on any atom is 0.186 e. The Kier molecular flexibility index (Phi) is 17.0. The summed E-state index contributed by atoms with van der Waals surface area (Å²) in [6.45, 7) is 12.9.